The third kappa shape index (κ3) is 19.7. The highest BCUT2D eigenvalue weighted by Gasteiger charge is 2.45. The van der Waals surface area contributed by atoms with E-state index in [9.17, 15) is 43.5 Å². The number of nitrogens with zero attached hydrogens (tertiary/aromatic N) is 1. The molecule has 0 bridgehead atoms. The van der Waals surface area contributed by atoms with Crippen molar-refractivity contribution in [2.45, 2.75) is 133 Å². The third-order valence-corrected chi connectivity index (χ3v) is 19.7. The fraction of sp³-hybridized carbons (Fsp3) is 0.264. The number of amides is 6. The molecular formula is C91H92N8O13. The number of carboxylic acid groups (broad SMARTS) is 1. The summed E-state index contributed by atoms with van der Waals surface area (Å²) in [4.78, 5) is 117. The molecule has 10 N–H and O–H groups in total. The van der Waals surface area contributed by atoms with Gasteiger partial charge in [-0.2, -0.15) is 0 Å². The number of rotatable bonds is 26. The minimum Gasteiger partial charge on any atom is -0.488 e. The molecule has 6 amide bonds. The maximum absolute atomic E-state index is 14.8. The molecule has 21 heteroatoms. The SMILES string of the molecule is CC(C)(C)OC(=O)NCCCC[C@H](NC(=O)[C@H](Cc1ccc(OC(C)(C)C)cc1)NC(=O)[C@@H](N)Cc1ccc2ccccc2c1)C(=O)N=C(Cc1c[nH]c2ccccc12)C(=O)NC(=O)OCC1c2ccccc2-c2ccccc21.N[C@@](Cc1ccc2ccccc2c1)(C(=O)O)C(=O)OCC1c2ccccc2-c2ccccc21. The van der Waals surface area contributed by atoms with Crippen LogP contribution < -0.4 is 37.5 Å². The van der Waals surface area contributed by atoms with Crippen molar-refractivity contribution in [1.29, 1.82) is 0 Å². The van der Waals surface area contributed by atoms with Crippen LogP contribution in [0.4, 0.5) is 9.59 Å². The van der Waals surface area contributed by atoms with Gasteiger partial charge in [0.15, 0.2) is 0 Å². The summed E-state index contributed by atoms with van der Waals surface area (Å²) in [5.41, 5.74) is 20.9. The lowest BCUT2D eigenvalue weighted by atomic mass is 9.90. The number of unbranched alkanes of at least 4 members (excludes halogenated alkanes) is 1. The van der Waals surface area contributed by atoms with Crippen LogP contribution in [-0.4, -0.2) is 118 Å². The molecule has 4 atom stereocenters. The number of fused-ring (bicyclic) bond motifs is 9. The number of nitrogens with two attached hydrogens (primary N) is 2. The molecule has 0 saturated heterocycles. The van der Waals surface area contributed by atoms with Crippen LogP contribution in [0.1, 0.15) is 117 Å². The Morgan fingerprint density at radius 2 is 1.03 bits per heavy atom. The second-order valence-corrected chi connectivity index (χ2v) is 30.3. The van der Waals surface area contributed by atoms with Crippen molar-refractivity contribution in [1.82, 2.24) is 26.3 Å². The van der Waals surface area contributed by atoms with Gasteiger partial charge in [0.25, 0.3) is 11.8 Å². The normalized spacial score (nSPS) is 13.8. The summed E-state index contributed by atoms with van der Waals surface area (Å²) in [6, 6.07) is 69.5. The largest absolute Gasteiger partial charge is 0.488 e. The summed E-state index contributed by atoms with van der Waals surface area (Å²) in [5.74, 6) is -5.38. The zero-order chi connectivity index (χ0) is 79.3. The van der Waals surface area contributed by atoms with Gasteiger partial charge < -0.3 is 56.5 Å². The number of hydrogen-bond donors (Lipinski definition) is 8. The van der Waals surface area contributed by atoms with Gasteiger partial charge in [0.1, 0.15) is 48.0 Å². The number of benzene rings is 10. The minimum absolute atomic E-state index is 0.000578. The molecule has 0 fully saturated rings. The van der Waals surface area contributed by atoms with Crippen molar-refractivity contribution < 1.29 is 62.4 Å². The molecule has 13 rings (SSSR count). The molecule has 0 aliphatic heterocycles. The van der Waals surface area contributed by atoms with Crippen molar-refractivity contribution in [3.63, 3.8) is 0 Å². The van der Waals surface area contributed by atoms with E-state index in [1.54, 1.807) is 57.3 Å². The first-order valence-corrected chi connectivity index (χ1v) is 37.5. The molecular weight excluding hydrogens is 1410 g/mol. The molecule has 112 heavy (non-hydrogen) atoms. The number of carboxylic acids is 1. The Hall–Kier alpha value is -12.6. The maximum atomic E-state index is 14.8. The number of imide groups is 1. The second kappa shape index (κ2) is 35.0. The highest BCUT2D eigenvalue weighted by atomic mass is 16.6. The van der Waals surface area contributed by atoms with Crippen LogP contribution in [0.5, 0.6) is 5.75 Å². The molecule has 1 aromatic heterocycles. The van der Waals surface area contributed by atoms with Crippen LogP contribution in [-0.2, 0) is 68.7 Å². The summed E-state index contributed by atoms with van der Waals surface area (Å²) < 4.78 is 22.7. The fourth-order valence-corrected chi connectivity index (χ4v) is 14.3. The number of carbonyl (C=O) groups excluding carboxylic acids is 7. The lowest BCUT2D eigenvalue weighted by Crippen LogP contribution is -2.57. The van der Waals surface area contributed by atoms with E-state index in [0.717, 1.165) is 82.5 Å². The summed E-state index contributed by atoms with van der Waals surface area (Å²) in [6.45, 7) is 11.2. The number of para-hydroxylation sites is 1. The van der Waals surface area contributed by atoms with E-state index < -0.39 is 82.6 Å². The zero-order valence-electron chi connectivity index (χ0n) is 63.4. The number of hydrogen-bond acceptors (Lipinski definition) is 14. The number of esters is 1. The molecule has 2 aliphatic carbocycles. The number of aromatic nitrogens is 1. The van der Waals surface area contributed by atoms with Crippen molar-refractivity contribution in [3.8, 4) is 28.0 Å². The fourth-order valence-electron chi connectivity index (χ4n) is 14.3. The van der Waals surface area contributed by atoms with Gasteiger partial charge in [-0.05, 0) is 174 Å². The molecule has 574 valence electrons. The minimum atomic E-state index is -2.18. The monoisotopic (exact) mass is 1500 g/mol. The first-order valence-electron chi connectivity index (χ1n) is 37.5. The number of H-pyrrole nitrogens is 1. The lowest BCUT2D eigenvalue weighted by molar-refractivity contribution is -0.161. The lowest BCUT2D eigenvalue weighted by Gasteiger charge is -2.24. The van der Waals surface area contributed by atoms with Gasteiger partial charge >= 0.3 is 24.1 Å². The van der Waals surface area contributed by atoms with Crippen molar-refractivity contribution in [2.75, 3.05) is 19.8 Å². The third-order valence-electron chi connectivity index (χ3n) is 19.7. The first kappa shape index (κ1) is 79.0. The number of aromatic amines is 1. The first-order chi connectivity index (χ1) is 53.7. The van der Waals surface area contributed by atoms with E-state index in [1.807, 2.05) is 221 Å². The van der Waals surface area contributed by atoms with Crippen LogP contribution >= 0.6 is 0 Å². The molecule has 1 heterocycles. The van der Waals surface area contributed by atoms with E-state index >= 15 is 0 Å². The average molecular weight is 1510 g/mol. The van der Waals surface area contributed by atoms with Crippen LogP contribution in [0.25, 0.3) is 54.7 Å². The van der Waals surface area contributed by atoms with E-state index in [4.69, 9.17) is 30.4 Å². The van der Waals surface area contributed by atoms with Gasteiger partial charge in [-0.3, -0.25) is 24.5 Å². The number of aliphatic imine (C=N–C) groups is 1. The summed E-state index contributed by atoms with van der Waals surface area (Å²) in [5, 5.41) is 25.4. The van der Waals surface area contributed by atoms with E-state index in [2.05, 4.69) is 31.2 Å². The van der Waals surface area contributed by atoms with Gasteiger partial charge in [0.2, 0.25) is 17.4 Å². The van der Waals surface area contributed by atoms with Gasteiger partial charge in [-0.1, -0.05) is 212 Å². The number of nitrogens with one attached hydrogen (secondary N) is 5. The quantitative estimate of drug-likeness (QED) is 0.00821. The highest BCUT2D eigenvalue weighted by molar-refractivity contribution is 6.43. The van der Waals surface area contributed by atoms with Gasteiger partial charge in [-0.25, -0.2) is 24.2 Å². The molecule has 0 saturated carbocycles. The topological polar surface area (TPSA) is 322 Å². The van der Waals surface area contributed by atoms with Crippen molar-refractivity contribution in [2.24, 2.45) is 16.5 Å². The van der Waals surface area contributed by atoms with Crippen molar-refractivity contribution >= 4 is 85.9 Å². The Labute approximate surface area is 649 Å². The Kier molecular flexibility index (Phi) is 24.7. The Balaban J connectivity index is 0.000000291. The average Bonchev–Trinajstić information content (AvgIpc) is 1.62. The predicted octanol–water partition coefficient (Wildman–Crippen LogP) is 14.1. The van der Waals surface area contributed by atoms with Crippen molar-refractivity contribution in [3.05, 3.63) is 281 Å². The molecule has 21 nitrogen and oxygen atoms in total. The van der Waals surface area contributed by atoms with E-state index in [1.165, 1.54) is 0 Å². The predicted molar refractivity (Wildman–Crippen MR) is 433 cm³/mol. The van der Waals surface area contributed by atoms with Gasteiger partial charge in [0.05, 0.1) is 6.04 Å². The van der Waals surface area contributed by atoms with E-state index in [-0.39, 0.29) is 75.8 Å². The Morgan fingerprint density at radius 3 is 1.59 bits per heavy atom. The van der Waals surface area contributed by atoms with Gasteiger partial charge in [0, 0.05) is 54.7 Å². The number of aliphatic carboxylic acids is 1. The summed E-state index contributed by atoms with van der Waals surface area (Å²) in [7, 11) is 0. The standard InChI is InChI=1S/C63H69N7O9.C28H23NO4/c1-62(2,3)78-44-30-27-39(28-31-44)35-54(68-56(71)51(64)34-40-26-29-41-17-7-8-18-42(41)33-40)58(73)67-53(25-15-16-32-65-60(75)79-63(4,5)6)57(72)69-55(36-43-37-66-52-24-14-13-19-45(43)52)59(74)70-61(76)77-38-50-48-22-11-9-20-46(48)47-21-10-12-23-49(47)50;29-28(26(30)31,16-18-13-14-19-7-1-2-8-20(19)15-18)27(32)33-17-25-23-11-5-3-9-21(23)22-10-4-6-12-24(22)25/h7-14,17-24,26-31,33,37,50-51,53-54,66H,15-16,25,32,34-36,38,64H2,1-6H3,(H,65,75)(H,67,73)(H,68,71)(H,70,74,76);1-15,25H,16-17,29H2,(H,30,31)/t51-,53-,54-;28-/m00/s1. The number of carbonyl (C=O) groups is 8. The smallest absolute Gasteiger partial charge is 0.414 e. The molecule has 11 aromatic rings. The highest BCUT2D eigenvalue weighted by Crippen LogP contribution is 2.46. The number of alkyl carbamates (subject to hydrolysis) is 2. The van der Waals surface area contributed by atoms with E-state index in [0.29, 0.717) is 28.9 Å². The van der Waals surface area contributed by atoms with Crippen LogP contribution in [0, 0.1) is 0 Å². The van der Waals surface area contributed by atoms with Crippen LogP contribution in [0.15, 0.2) is 242 Å². The summed E-state index contributed by atoms with van der Waals surface area (Å²) >= 11 is 0. The maximum Gasteiger partial charge on any atom is 0.414 e. The molecule has 0 spiro atoms. The molecule has 0 radical (unpaired) electrons. The Bertz CT molecular complexity index is 5260. The Morgan fingerprint density at radius 1 is 0.527 bits per heavy atom. The number of ether oxygens (including phenoxy) is 4. The summed E-state index contributed by atoms with van der Waals surface area (Å²) in [6.07, 6.45) is 0.505. The van der Waals surface area contributed by atoms with Crippen LogP contribution in [0.2, 0.25) is 0 Å². The second-order valence-electron chi connectivity index (χ2n) is 30.3. The van der Waals surface area contributed by atoms with Crippen LogP contribution in [0.3, 0.4) is 0 Å². The zero-order valence-corrected chi connectivity index (χ0v) is 63.4. The molecule has 0 unspecified atom stereocenters. The molecule has 2 aliphatic rings. The van der Waals surface area contributed by atoms with Gasteiger partial charge in [-0.15, -0.1) is 0 Å². The molecule has 10 aromatic carbocycles.